The van der Waals surface area contributed by atoms with E-state index in [0.29, 0.717) is 0 Å². The Hall–Kier alpha value is 0.310. The molecule has 0 heterocycles. The number of rotatable bonds is 10. The van der Waals surface area contributed by atoms with E-state index in [0.717, 1.165) is 38.2 Å². The van der Waals surface area contributed by atoms with Gasteiger partial charge in [-0.3, -0.25) is 4.99 Å². The van der Waals surface area contributed by atoms with Crippen LogP contribution in [0.4, 0.5) is 0 Å². The summed E-state index contributed by atoms with van der Waals surface area (Å²) in [5, 5.41) is 6.79. The smallest absolute Gasteiger partial charge is 0.191 e. The van der Waals surface area contributed by atoms with E-state index in [9.17, 15) is 0 Å². The average molecular weight is 442 g/mol. The fourth-order valence-electron chi connectivity index (χ4n) is 2.77. The van der Waals surface area contributed by atoms with Crippen molar-refractivity contribution in [3.05, 3.63) is 0 Å². The molecule has 1 aliphatic rings. The van der Waals surface area contributed by atoms with E-state index in [1.165, 1.54) is 44.3 Å². The molecule has 0 spiro atoms. The summed E-state index contributed by atoms with van der Waals surface area (Å²) in [6.45, 7) is 6.05. The summed E-state index contributed by atoms with van der Waals surface area (Å²) in [5.74, 6) is 2.22. The summed E-state index contributed by atoms with van der Waals surface area (Å²) in [6, 6.07) is 0.804. The van der Waals surface area contributed by atoms with E-state index in [1.54, 1.807) is 0 Å². The number of guanidine groups is 1. The normalized spacial score (nSPS) is 15.9. The number of thioether (sulfide) groups is 1. The second kappa shape index (κ2) is 14.9. The quantitative estimate of drug-likeness (QED) is 0.236. The molecule has 0 aromatic carbocycles. The van der Waals surface area contributed by atoms with Crippen molar-refractivity contribution in [1.29, 1.82) is 0 Å². The molecule has 0 atom stereocenters. The fourth-order valence-corrected chi connectivity index (χ4v) is 3.26. The third-order valence-electron chi connectivity index (χ3n) is 4.08. The molecule has 0 saturated heterocycles. The van der Waals surface area contributed by atoms with Crippen molar-refractivity contribution < 1.29 is 0 Å². The minimum Gasteiger partial charge on any atom is -0.357 e. The Balaban J connectivity index is 0.00000441. The minimum atomic E-state index is 0. The van der Waals surface area contributed by atoms with Crippen LogP contribution in [0.3, 0.4) is 0 Å². The van der Waals surface area contributed by atoms with Crippen molar-refractivity contribution in [3.8, 4) is 0 Å². The van der Waals surface area contributed by atoms with Gasteiger partial charge in [-0.15, -0.1) is 24.0 Å². The molecular weight excluding hydrogens is 407 g/mol. The molecule has 0 radical (unpaired) electrons. The van der Waals surface area contributed by atoms with Crippen LogP contribution >= 0.6 is 35.7 Å². The van der Waals surface area contributed by atoms with Gasteiger partial charge >= 0.3 is 0 Å². The molecule has 0 unspecified atom stereocenters. The molecule has 0 amide bonds. The van der Waals surface area contributed by atoms with Gasteiger partial charge in [-0.2, -0.15) is 11.8 Å². The van der Waals surface area contributed by atoms with Crippen LogP contribution in [0.1, 0.15) is 45.4 Å². The Morgan fingerprint density at radius 2 is 1.95 bits per heavy atom. The molecule has 0 bridgehead atoms. The second-order valence-corrected chi connectivity index (χ2v) is 6.79. The number of likely N-dealkylation sites (N-methyl/N-ethyl adjacent to an activating group) is 1. The third kappa shape index (κ3) is 10.2. The fraction of sp³-hybridized carbons (Fsp3) is 0.938. The first-order valence-electron chi connectivity index (χ1n) is 8.49. The molecule has 132 valence electrons. The highest BCUT2D eigenvalue weighted by molar-refractivity contribution is 14.0. The lowest BCUT2D eigenvalue weighted by atomic mass is 10.2. The summed E-state index contributed by atoms with van der Waals surface area (Å²) >= 11 is 1.91. The highest BCUT2D eigenvalue weighted by Crippen LogP contribution is 2.21. The average Bonchev–Trinajstić information content (AvgIpc) is 3.01. The largest absolute Gasteiger partial charge is 0.357 e. The van der Waals surface area contributed by atoms with E-state index >= 15 is 0 Å². The topological polar surface area (TPSA) is 39.7 Å². The van der Waals surface area contributed by atoms with Crippen molar-refractivity contribution in [2.24, 2.45) is 4.99 Å². The molecule has 2 N–H and O–H groups in total. The molecule has 0 aromatic rings. The summed E-state index contributed by atoms with van der Waals surface area (Å²) in [5.41, 5.74) is 0. The predicted molar refractivity (Wildman–Crippen MR) is 112 cm³/mol. The second-order valence-electron chi connectivity index (χ2n) is 5.81. The highest BCUT2D eigenvalue weighted by Gasteiger charge is 2.18. The molecule has 0 aromatic heterocycles. The van der Waals surface area contributed by atoms with Gasteiger partial charge in [-0.1, -0.05) is 12.8 Å². The SMILES string of the molecule is CCNC(=NCCCCSC)NCCN(C)C1CCCC1.I. The van der Waals surface area contributed by atoms with Gasteiger partial charge in [0, 0.05) is 32.2 Å². The van der Waals surface area contributed by atoms with Crippen LogP contribution in [0.2, 0.25) is 0 Å². The maximum Gasteiger partial charge on any atom is 0.191 e. The van der Waals surface area contributed by atoms with Crippen LogP contribution in [0.25, 0.3) is 0 Å². The van der Waals surface area contributed by atoms with Gasteiger partial charge in [0.25, 0.3) is 0 Å². The number of unbranched alkanes of at least 4 members (excludes halogenated alkanes) is 1. The van der Waals surface area contributed by atoms with Gasteiger partial charge in [-0.05, 0) is 51.7 Å². The first kappa shape index (κ1) is 22.3. The van der Waals surface area contributed by atoms with E-state index in [4.69, 9.17) is 0 Å². The molecule has 0 aliphatic heterocycles. The van der Waals surface area contributed by atoms with Crippen LogP contribution in [0.15, 0.2) is 4.99 Å². The van der Waals surface area contributed by atoms with Crippen LogP contribution in [0.5, 0.6) is 0 Å². The summed E-state index contributed by atoms with van der Waals surface area (Å²) in [4.78, 5) is 7.15. The number of aliphatic imine (C=N–C) groups is 1. The molecule has 6 heteroatoms. The first-order chi connectivity index (χ1) is 10.3. The molecule has 1 saturated carbocycles. The van der Waals surface area contributed by atoms with Crippen molar-refractivity contribution in [2.75, 3.05) is 45.2 Å². The Morgan fingerprint density at radius 3 is 2.59 bits per heavy atom. The lowest BCUT2D eigenvalue weighted by Gasteiger charge is -2.24. The number of hydrogen-bond donors (Lipinski definition) is 2. The van der Waals surface area contributed by atoms with Crippen LogP contribution in [-0.4, -0.2) is 62.1 Å². The number of nitrogens with zero attached hydrogens (tertiary/aromatic N) is 2. The van der Waals surface area contributed by atoms with Crippen molar-refractivity contribution in [3.63, 3.8) is 0 Å². The molecule has 22 heavy (non-hydrogen) atoms. The number of hydrogen-bond acceptors (Lipinski definition) is 3. The number of nitrogens with one attached hydrogen (secondary N) is 2. The Morgan fingerprint density at radius 1 is 1.23 bits per heavy atom. The van der Waals surface area contributed by atoms with Crippen LogP contribution < -0.4 is 10.6 Å². The lowest BCUT2D eigenvalue weighted by molar-refractivity contribution is 0.249. The summed E-state index contributed by atoms with van der Waals surface area (Å²) in [6.07, 6.45) is 10.2. The van der Waals surface area contributed by atoms with E-state index in [-0.39, 0.29) is 24.0 Å². The third-order valence-corrected chi connectivity index (χ3v) is 4.77. The molecular formula is C16H35IN4S. The predicted octanol–water partition coefficient (Wildman–Crippen LogP) is 3.18. The van der Waals surface area contributed by atoms with Crippen LogP contribution in [0, 0.1) is 0 Å². The molecule has 1 aliphatic carbocycles. The highest BCUT2D eigenvalue weighted by atomic mass is 127. The van der Waals surface area contributed by atoms with Gasteiger partial charge < -0.3 is 15.5 Å². The molecule has 1 fully saturated rings. The van der Waals surface area contributed by atoms with Gasteiger partial charge in [0.2, 0.25) is 0 Å². The molecule has 4 nitrogen and oxygen atoms in total. The first-order valence-corrected chi connectivity index (χ1v) is 9.88. The van der Waals surface area contributed by atoms with Gasteiger partial charge in [0.05, 0.1) is 0 Å². The maximum atomic E-state index is 4.65. The van der Waals surface area contributed by atoms with E-state index in [1.807, 2.05) is 11.8 Å². The van der Waals surface area contributed by atoms with Gasteiger partial charge in [0.1, 0.15) is 0 Å². The van der Waals surface area contributed by atoms with Gasteiger partial charge in [0.15, 0.2) is 5.96 Å². The maximum absolute atomic E-state index is 4.65. The van der Waals surface area contributed by atoms with Crippen molar-refractivity contribution in [2.45, 2.75) is 51.5 Å². The Kier molecular flexibility index (Phi) is 15.1. The zero-order chi connectivity index (χ0) is 15.3. The summed E-state index contributed by atoms with van der Waals surface area (Å²) in [7, 11) is 2.25. The van der Waals surface area contributed by atoms with E-state index < -0.39 is 0 Å². The number of halogens is 1. The summed E-state index contributed by atoms with van der Waals surface area (Å²) < 4.78 is 0. The zero-order valence-corrected chi connectivity index (χ0v) is 17.7. The standard InChI is InChI=1S/C16H34N4S.HI/c1-4-17-16(18-11-7-8-14-21-3)19-12-13-20(2)15-9-5-6-10-15;/h15H,4-14H2,1-3H3,(H2,17,18,19);1H. The Bertz CT molecular complexity index is 283. The van der Waals surface area contributed by atoms with E-state index in [2.05, 4.69) is 40.8 Å². The van der Waals surface area contributed by atoms with Crippen LogP contribution in [-0.2, 0) is 0 Å². The lowest BCUT2D eigenvalue weighted by Crippen LogP contribution is -2.42. The van der Waals surface area contributed by atoms with Crippen molar-refractivity contribution >= 4 is 41.7 Å². The minimum absolute atomic E-state index is 0. The zero-order valence-electron chi connectivity index (χ0n) is 14.6. The Labute approximate surface area is 158 Å². The van der Waals surface area contributed by atoms with Crippen molar-refractivity contribution in [1.82, 2.24) is 15.5 Å². The monoisotopic (exact) mass is 442 g/mol. The van der Waals surface area contributed by atoms with Gasteiger partial charge in [-0.25, -0.2) is 0 Å². The molecule has 1 rings (SSSR count).